The highest BCUT2D eigenvalue weighted by Gasteiger charge is 2.12. The van der Waals surface area contributed by atoms with E-state index in [1.54, 1.807) is 0 Å². The fraction of sp³-hybridized carbons (Fsp3) is 0.778. The van der Waals surface area contributed by atoms with Gasteiger partial charge in [0.25, 0.3) is 0 Å². The monoisotopic (exact) mass is 214 g/mol. The molecule has 1 rings (SSSR count). The molecule has 5 heteroatoms. The molecule has 1 aromatic heterocycles. The van der Waals surface area contributed by atoms with Gasteiger partial charge in [0.1, 0.15) is 10.7 Å². The summed E-state index contributed by atoms with van der Waals surface area (Å²) >= 11 is 1.27. The van der Waals surface area contributed by atoms with Crippen LogP contribution in [0.3, 0.4) is 0 Å². The van der Waals surface area contributed by atoms with Crippen molar-refractivity contribution in [1.82, 2.24) is 14.5 Å². The first-order valence-corrected chi connectivity index (χ1v) is 5.73. The molecule has 0 unspecified atom stereocenters. The lowest BCUT2D eigenvalue weighted by Gasteiger charge is -2.24. The Morgan fingerprint density at radius 1 is 1.50 bits per heavy atom. The van der Waals surface area contributed by atoms with Gasteiger partial charge in [-0.2, -0.15) is 0 Å². The Bertz CT molecular complexity index is 272. The smallest absolute Gasteiger partial charge is 0.132 e. The third-order valence-electron chi connectivity index (χ3n) is 2.18. The zero-order valence-corrected chi connectivity index (χ0v) is 9.84. The predicted octanol–water partition coefficient (Wildman–Crippen LogP) is 1.74. The number of rotatable bonds is 5. The van der Waals surface area contributed by atoms with Gasteiger partial charge < -0.3 is 5.73 Å². The molecule has 0 saturated heterocycles. The largest absolute Gasteiger partial charge is 0.388 e. The Labute approximate surface area is 89.3 Å². The number of aromatic nitrogens is 2. The molecule has 0 atom stereocenters. The summed E-state index contributed by atoms with van der Waals surface area (Å²) in [5.41, 5.74) is 6.67. The molecule has 0 aliphatic heterocycles. The van der Waals surface area contributed by atoms with Crippen molar-refractivity contribution in [2.45, 2.75) is 39.8 Å². The van der Waals surface area contributed by atoms with Crippen LogP contribution in [-0.2, 0) is 6.54 Å². The lowest BCUT2D eigenvalue weighted by atomic mass is 10.2. The summed E-state index contributed by atoms with van der Waals surface area (Å²) in [6.07, 6.45) is 1.15. The summed E-state index contributed by atoms with van der Waals surface area (Å²) in [6, 6.07) is 0.524. The maximum Gasteiger partial charge on any atom is 0.132 e. The van der Waals surface area contributed by atoms with Crippen molar-refractivity contribution < 1.29 is 0 Å². The Hall–Kier alpha value is -0.680. The van der Waals surface area contributed by atoms with E-state index in [1.165, 1.54) is 11.5 Å². The van der Waals surface area contributed by atoms with Gasteiger partial charge in [-0.05, 0) is 26.8 Å². The second kappa shape index (κ2) is 5.26. The minimum absolute atomic E-state index is 0.524. The van der Waals surface area contributed by atoms with E-state index in [-0.39, 0.29) is 0 Å². The molecule has 0 bridgehead atoms. The van der Waals surface area contributed by atoms with Crippen LogP contribution in [0.4, 0.5) is 5.00 Å². The van der Waals surface area contributed by atoms with E-state index < -0.39 is 0 Å². The summed E-state index contributed by atoms with van der Waals surface area (Å²) in [4.78, 5) is 2.35. The number of hydrogen-bond donors (Lipinski definition) is 1. The maximum absolute atomic E-state index is 5.75. The molecule has 0 fully saturated rings. The van der Waals surface area contributed by atoms with Gasteiger partial charge in [0.2, 0.25) is 0 Å². The predicted molar refractivity (Wildman–Crippen MR) is 60.2 cm³/mol. The highest BCUT2D eigenvalue weighted by Crippen LogP contribution is 2.16. The summed E-state index contributed by atoms with van der Waals surface area (Å²) in [5.74, 6) is 0. The fourth-order valence-corrected chi connectivity index (χ4v) is 1.76. The van der Waals surface area contributed by atoms with Crippen LogP contribution in [0.15, 0.2) is 0 Å². The SMILES string of the molecule is CCCN(Cc1nnsc1N)C(C)C. The molecule has 4 nitrogen and oxygen atoms in total. The highest BCUT2D eigenvalue weighted by molar-refractivity contribution is 7.09. The van der Waals surface area contributed by atoms with Crippen molar-refractivity contribution >= 4 is 16.5 Å². The number of hydrogen-bond acceptors (Lipinski definition) is 5. The van der Waals surface area contributed by atoms with E-state index in [9.17, 15) is 0 Å². The van der Waals surface area contributed by atoms with Gasteiger partial charge in [0.05, 0.1) is 0 Å². The van der Waals surface area contributed by atoms with Crippen LogP contribution in [0.25, 0.3) is 0 Å². The van der Waals surface area contributed by atoms with Gasteiger partial charge in [-0.15, -0.1) is 5.10 Å². The molecule has 0 aliphatic rings. The average Bonchev–Trinajstić information content (AvgIpc) is 2.51. The Morgan fingerprint density at radius 3 is 2.64 bits per heavy atom. The van der Waals surface area contributed by atoms with E-state index in [0.717, 1.165) is 30.2 Å². The molecular formula is C9H18N4S. The van der Waals surface area contributed by atoms with Gasteiger partial charge in [-0.25, -0.2) is 0 Å². The second-order valence-corrected chi connectivity index (χ2v) is 4.43. The maximum atomic E-state index is 5.75. The molecule has 1 aromatic rings. The molecule has 2 N–H and O–H groups in total. The fourth-order valence-electron chi connectivity index (χ4n) is 1.32. The van der Waals surface area contributed by atoms with Crippen molar-refractivity contribution in [3.63, 3.8) is 0 Å². The zero-order chi connectivity index (χ0) is 10.6. The minimum atomic E-state index is 0.524. The van der Waals surface area contributed by atoms with Crippen LogP contribution in [0.5, 0.6) is 0 Å². The number of anilines is 1. The summed E-state index contributed by atoms with van der Waals surface area (Å²) < 4.78 is 3.83. The van der Waals surface area contributed by atoms with Gasteiger partial charge in [0, 0.05) is 24.1 Å². The number of nitrogens with two attached hydrogens (primary N) is 1. The van der Waals surface area contributed by atoms with Gasteiger partial charge in [0.15, 0.2) is 0 Å². The first-order chi connectivity index (χ1) is 6.65. The van der Waals surface area contributed by atoms with Crippen LogP contribution < -0.4 is 5.73 Å². The third kappa shape index (κ3) is 2.92. The van der Waals surface area contributed by atoms with Crippen molar-refractivity contribution in [1.29, 1.82) is 0 Å². The van der Waals surface area contributed by atoms with Crippen LogP contribution in [0.2, 0.25) is 0 Å². The molecule has 0 radical (unpaired) electrons. The second-order valence-electron chi connectivity index (χ2n) is 3.65. The number of nitrogens with zero attached hydrogens (tertiary/aromatic N) is 3. The van der Waals surface area contributed by atoms with Crippen molar-refractivity contribution in [2.75, 3.05) is 12.3 Å². The lowest BCUT2D eigenvalue weighted by Crippen LogP contribution is -2.31. The van der Waals surface area contributed by atoms with Crippen LogP contribution in [0, 0.1) is 0 Å². The molecule has 0 saturated carbocycles. The van der Waals surface area contributed by atoms with Crippen molar-refractivity contribution in [3.8, 4) is 0 Å². The van der Waals surface area contributed by atoms with Crippen LogP contribution in [0.1, 0.15) is 32.9 Å². The van der Waals surface area contributed by atoms with E-state index >= 15 is 0 Å². The summed E-state index contributed by atoms with van der Waals surface area (Å²) in [5, 5.41) is 4.76. The summed E-state index contributed by atoms with van der Waals surface area (Å²) in [6.45, 7) is 8.44. The molecule has 0 amide bonds. The van der Waals surface area contributed by atoms with Crippen molar-refractivity contribution in [2.24, 2.45) is 0 Å². The summed E-state index contributed by atoms with van der Waals surface area (Å²) in [7, 11) is 0. The first kappa shape index (κ1) is 11.4. The molecule has 80 valence electrons. The molecule has 14 heavy (non-hydrogen) atoms. The van der Waals surface area contributed by atoms with Gasteiger partial charge >= 0.3 is 0 Å². The van der Waals surface area contributed by atoms with Crippen LogP contribution in [-0.4, -0.2) is 27.1 Å². The molecule has 0 spiro atoms. The quantitative estimate of drug-likeness (QED) is 0.811. The standard InChI is InChI=1S/C9H18N4S/c1-4-5-13(7(2)3)6-8-9(10)14-12-11-8/h7H,4-6,10H2,1-3H3. The topological polar surface area (TPSA) is 55.0 Å². The Balaban J connectivity index is 2.60. The van der Waals surface area contributed by atoms with Gasteiger partial charge in [-0.3, -0.25) is 4.90 Å². The van der Waals surface area contributed by atoms with E-state index in [4.69, 9.17) is 5.73 Å². The molecular weight excluding hydrogens is 196 g/mol. The molecule has 0 aromatic carbocycles. The van der Waals surface area contributed by atoms with E-state index in [2.05, 4.69) is 35.3 Å². The normalized spacial score (nSPS) is 11.5. The Kier molecular flexibility index (Phi) is 4.28. The van der Waals surface area contributed by atoms with Crippen molar-refractivity contribution in [3.05, 3.63) is 5.69 Å². The first-order valence-electron chi connectivity index (χ1n) is 4.95. The molecule has 0 aliphatic carbocycles. The van der Waals surface area contributed by atoms with E-state index in [1.807, 2.05) is 0 Å². The Morgan fingerprint density at radius 2 is 2.21 bits per heavy atom. The molecule has 1 heterocycles. The van der Waals surface area contributed by atoms with Crippen LogP contribution >= 0.6 is 11.5 Å². The van der Waals surface area contributed by atoms with E-state index in [0.29, 0.717) is 6.04 Å². The minimum Gasteiger partial charge on any atom is -0.388 e. The van der Waals surface area contributed by atoms with Gasteiger partial charge in [-0.1, -0.05) is 11.4 Å². The highest BCUT2D eigenvalue weighted by atomic mass is 32.1. The lowest BCUT2D eigenvalue weighted by molar-refractivity contribution is 0.211. The zero-order valence-electron chi connectivity index (χ0n) is 9.03. The number of nitrogen functional groups attached to an aromatic ring is 1. The average molecular weight is 214 g/mol. The third-order valence-corrected chi connectivity index (χ3v) is 2.77.